The first-order chi connectivity index (χ1) is 14.2. The minimum absolute atomic E-state index is 0.0409. The third kappa shape index (κ3) is 5.37. The van der Waals surface area contributed by atoms with Gasteiger partial charge < -0.3 is 14.8 Å². The smallest absolute Gasteiger partial charge is 0.338 e. The van der Waals surface area contributed by atoms with Crippen LogP contribution in [0.1, 0.15) is 29.8 Å². The summed E-state index contributed by atoms with van der Waals surface area (Å²) < 4.78 is 37.2. The number of benzene rings is 2. The Morgan fingerprint density at radius 3 is 2.37 bits per heavy atom. The molecule has 2 aromatic rings. The minimum atomic E-state index is -3.74. The zero-order valence-corrected chi connectivity index (χ0v) is 18.3. The fraction of sp³-hybridized carbons (Fsp3) is 0.333. The second-order valence-electron chi connectivity index (χ2n) is 6.39. The molecule has 0 atom stereocenters. The van der Waals surface area contributed by atoms with Crippen LogP contribution in [0.4, 0.5) is 5.69 Å². The van der Waals surface area contributed by atoms with Gasteiger partial charge >= 0.3 is 5.97 Å². The monoisotopic (exact) mass is 434 g/mol. The number of hydrogen-bond donors (Lipinski definition) is 1. The first-order valence-electron chi connectivity index (χ1n) is 9.45. The predicted octanol–water partition coefficient (Wildman–Crippen LogP) is 2.83. The van der Waals surface area contributed by atoms with E-state index in [0.29, 0.717) is 30.1 Å². The van der Waals surface area contributed by atoms with Gasteiger partial charge in [0.2, 0.25) is 10.0 Å². The number of nitrogens with one attached hydrogen (secondary N) is 1. The fourth-order valence-electron chi connectivity index (χ4n) is 2.86. The summed E-state index contributed by atoms with van der Waals surface area (Å²) in [5.74, 6) is -0.862. The van der Waals surface area contributed by atoms with Crippen molar-refractivity contribution in [3.63, 3.8) is 0 Å². The van der Waals surface area contributed by atoms with E-state index in [-0.39, 0.29) is 10.5 Å². The molecule has 30 heavy (non-hydrogen) atoms. The zero-order chi connectivity index (χ0) is 22.3. The molecule has 0 saturated carbocycles. The van der Waals surface area contributed by atoms with Crippen molar-refractivity contribution in [2.45, 2.75) is 25.7 Å². The second kappa shape index (κ2) is 10.2. The quantitative estimate of drug-likeness (QED) is 0.609. The number of nitrogens with zero attached hydrogens (tertiary/aromatic N) is 1. The number of hydrogen-bond acceptors (Lipinski definition) is 6. The highest BCUT2D eigenvalue weighted by Crippen LogP contribution is 2.23. The van der Waals surface area contributed by atoms with E-state index in [0.717, 1.165) is 0 Å². The summed E-state index contributed by atoms with van der Waals surface area (Å²) >= 11 is 0. The molecule has 0 aliphatic heterocycles. The van der Waals surface area contributed by atoms with E-state index in [4.69, 9.17) is 9.47 Å². The van der Waals surface area contributed by atoms with E-state index < -0.39 is 28.5 Å². The van der Waals surface area contributed by atoms with Crippen molar-refractivity contribution in [1.29, 1.82) is 0 Å². The van der Waals surface area contributed by atoms with E-state index in [1.165, 1.54) is 23.5 Å². The maximum absolute atomic E-state index is 12.8. The summed E-state index contributed by atoms with van der Waals surface area (Å²) in [6, 6.07) is 11.1. The molecule has 2 aromatic carbocycles. The molecule has 0 spiro atoms. The van der Waals surface area contributed by atoms with Crippen molar-refractivity contribution >= 4 is 27.6 Å². The number of amides is 1. The summed E-state index contributed by atoms with van der Waals surface area (Å²) in [7, 11) is -2.26. The van der Waals surface area contributed by atoms with Gasteiger partial charge in [0.25, 0.3) is 5.91 Å². The first-order valence-corrected chi connectivity index (χ1v) is 10.9. The van der Waals surface area contributed by atoms with Crippen molar-refractivity contribution < 1.29 is 27.5 Å². The number of aryl methyl sites for hydroxylation is 1. The van der Waals surface area contributed by atoms with Crippen LogP contribution in [-0.2, 0) is 19.6 Å². The summed E-state index contributed by atoms with van der Waals surface area (Å²) in [6.45, 7) is 5.25. The topological polar surface area (TPSA) is 102 Å². The van der Waals surface area contributed by atoms with Gasteiger partial charge in [0.1, 0.15) is 5.75 Å². The Balaban J connectivity index is 2.11. The SMILES string of the molecule is CCN(CC)S(=O)(=O)c1cc(C(=O)OCC(=O)Nc2ccccc2OC)ccc1C. The molecule has 162 valence electrons. The molecule has 0 radical (unpaired) electrons. The molecule has 0 fully saturated rings. The third-order valence-corrected chi connectivity index (χ3v) is 6.65. The molecule has 0 saturated heterocycles. The molecular weight excluding hydrogens is 408 g/mol. The Morgan fingerprint density at radius 2 is 1.73 bits per heavy atom. The van der Waals surface area contributed by atoms with Crippen LogP contribution in [0.5, 0.6) is 5.75 Å². The fourth-order valence-corrected chi connectivity index (χ4v) is 4.57. The average Bonchev–Trinajstić information content (AvgIpc) is 2.73. The van der Waals surface area contributed by atoms with Crippen LogP contribution in [0.15, 0.2) is 47.4 Å². The molecule has 0 aliphatic rings. The van der Waals surface area contributed by atoms with Crippen molar-refractivity contribution in [3.05, 3.63) is 53.6 Å². The molecule has 8 nitrogen and oxygen atoms in total. The molecule has 0 heterocycles. The second-order valence-corrected chi connectivity index (χ2v) is 8.30. The van der Waals surface area contributed by atoms with Gasteiger partial charge in [0, 0.05) is 13.1 Å². The maximum Gasteiger partial charge on any atom is 0.338 e. The Hall–Kier alpha value is -2.91. The Bertz CT molecular complexity index is 1020. The van der Waals surface area contributed by atoms with Crippen LogP contribution in [0.3, 0.4) is 0 Å². The van der Waals surface area contributed by atoms with Crippen molar-refractivity contribution in [3.8, 4) is 5.75 Å². The summed E-state index contributed by atoms with van der Waals surface area (Å²) in [4.78, 5) is 24.5. The number of anilines is 1. The lowest BCUT2D eigenvalue weighted by molar-refractivity contribution is -0.119. The number of ether oxygens (including phenoxy) is 2. The van der Waals surface area contributed by atoms with Crippen LogP contribution in [0, 0.1) is 6.92 Å². The van der Waals surface area contributed by atoms with Crippen LogP contribution >= 0.6 is 0 Å². The third-order valence-electron chi connectivity index (χ3n) is 4.46. The van der Waals surface area contributed by atoms with Gasteiger partial charge in [0.05, 0.1) is 23.3 Å². The normalized spacial score (nSPS) is 11.2. The van der Waals surface area contributed by atoms with E-state index in [2.05, 4.69) is 5.32 Å². The predicted molar refractivity (Wildman–Crippen MR) is 113 cm³/mol. The highest BCUT2D eigenvalue weighted by molar-refractivity contribution is 7.89. The number of rotatable bonds is 9. The molecule has 1 N–H and O–H groups in total. The van der Waals surface area contributed by atoms with E-state index in [9.17, 15) is 18.0 Å². The van der Waals surface area contributed by atoms with E-state index in [1.807, 2.05) is 0 Å². The number of esters is 1. The summed E-state index contributed by atoms with van der Waals surface area (Å²) in [5, 5.41) is 2.60. The van der Waals surface area contributed by atoms with Gasteiger partial charge in [-0.15, -0.1) is 0 Å². The number of methoxy groups -OCH3 is 1. The Morgan fingerprint density at radius 1 is 1.07 bits per heavy atom. The van der Waals surface area contributed by atoms with Crippen molar-refractivity contribution in [2.75, 3.05) is 32.1 Å². The molecule has 2 rings (SSSR count). The number of carbonyl (C=O) groups excluding carboxylic acids is 2. The molecule has 1 amide bonds. The molecule has 0 aliphatic carbocycles. The largest absolute Gasteiger partial charge is 0.495 e. The van der Waals surface area contributed by atoms with Gasteiger partial charge in [-0.25, -0.2) is 13.2 Å². The zero-order valence-electron chi connectivity index (χ0n) is 17.5. The first kappa shape index (κ1) is 23.4. The number of para-hydroxylation sites is 2. The van der Waals surface area contributed by atoms with Crippen LogP contribution < -0.4 is 10.1 Å². The molecule has 9 heteroatoms. The molecular formula is C21H26N2O6S. The minimum Gasteiger partial charge on any atom is -0.495 e. The van der Waals surface area contributed by atoms with Crippen LogP contribution in [0.25, 0.3) is 0 Å². The van der Waals surface area contributed by atoms with Crippen molar-refractivity contribution in [2.24, 2.45) is 0 Å². The van der Waals surface area contributed by atoms with Crippen molar-refractivity contribution in [1.82, 2.24) is 4.31 Å². The van der Waals surface area contributed by atoms with E-state index in [1.54, 1.807) is 51.1 Å². The lowest BCUT2D eigenvalue weighted by Crippen LogP contribution is -2.31. The lowest BCUT2D eigenvalue weighted by atomic mass is 10.1. The molecule has 0 unspecified atom stereocenters. The van der Waals surface area contributed by atoms with Gasteiger partial charge in [-0.2, -0.15) is 4.31 Å². The standard InChI is InChI=1S/C21H26N2O6S/c1-5-23(6-2)30(26,27)19-13-16(12-11-15(19)3)21(25)29-14-20(24)22-17-9-7-8-10-18(17)28-4/h7-13H,5-6,14H2,1-4H3,(H,22,24). The van der Waals surface area contributed by atoms with E-state index >= 15 is 0 Å². The van der Waals surface area contributed by atoms with Gasteiger partial charge in [-0.3, -0.25) is 4.79 Å². The maximum atomic E-state index is 12.8. The summed E-state index contributed by atoms with van der Waals surface area (Å²) in [6.07, 6.45) is 0. The molecule has 0 bridgehead atoms. The Labute approximate surface area is 176 Å². The highest BCUT2D eigenvalue weighted by Gasteiger charge is 2.25. The summed E-state index contributed by atoms with van der Waals surface area (Å²) in [5.41, 5.74) is 1.02. The Kier molecular flexibility index (Phi) is 7.96. The molecule has 0 aromatic heterocycles. The number of sulfonamides is 1. The van der Waals surface area contributed by atoms with Gasteiger partial charge in [-0.1, -0.05) is 32.0 Å². The van der Waals surface area contributed by atoms with Crippen LogP contribution in [0.2, 0.25) is 0 Å². The van der Waals surface area contributed by atoms with Crippen LogP contribution in [-0.4, -0.2) is 51.4 Å². The van der Waals surface area contributed by atoms with Gasteiger partial charge in [-0.05, 0) is 36.8 Å². The highest BCUT2D eigenvalue weighted by atomic mass is 32.2. The van der Waals surface area contributed by atoms with Gasteiger partial charge in [0.15, 0.2) is 6.61 Å². The number of carbonyl (C=O) groups is 2. The lowest BCUT2D eigenvalue weighted by Gasteiger charge is -2.20. The average molecular weight is 435 g/mol.